The van der Waals surface area contributed by atoms with Crippen LogP contribution in [0.5, 0.6) is 5.75 Å². The minimum Gasteiger partial charge on any atom is -0.484 e. The molecule has 0 radical (unpaired) electrons. The SMILES string of the molecule is CCCNC(=O)[C@@H](Cc1ccccc1)N(Cc1c(Cl)cccc1Cl)C(=O)COc1ccccc1C. The third-order valence-electron chi connectivity index (χ3n) is 5.66. The van der Waals surface area contributed by atoms with Crippen LogP contribution in [0.3, 0.4) is 0 Å². The van der Waals surface area contributed by atoms with E-state index in [0.717, 1.165) is 17.5 Å². The first kappa shape index (κ1) is 26.6. The van der Waals surface area contributed by atoms with Gasteiger partial charge < -0.3 is 15.0 Å². The molecule has 3 rings (SSSR count). The van der Waals surface area contributed by atoms with Gasteiger partial charge in [0, 0.05) is 35.1 Å². The number of carbonyl (C=O) groups is 2. The van der Waals surface area contributed by atoms with E-state index in [4.69, 9.17) is 27.9 Å². The third-order valence-corrected chi connectivity index (χ3v) is 6.36. The van der Waals surface area contributed by atoms with Gasteiger partial charge in [-0.25, -0.2) is 0 Å². The highest BCUT2D eigenvalue weighted by atomic mass is 35.5. The number of ether oxygens (including phenoxy) is 1. The number of hydrogen-bond donors (Lipinski definition) is 1. The lowest BCUT2D eigenvalue weighted by molar-refractivity contribution is -0.142. The summed E-state index contributed by atoms with van der Waals surface area (Å²) in [6.07, 6.45) is 1.12. The molecule has 3 aromatic carbocycles. The number of benzene rings is 3. The van der Waals surface area contributed by atoms with Crippen LogP contribution >= 0.6 is 23.2 Å². The maximum Gasteiger partial charge on any atom is 0.261 e. The predicted octanol–water partition coefficient (Wildman–Crippen LogP) is 5.85. The highest BCUT2D eigenvalue weighted by Crippen LogP contribution is 2.27. The standard InChI is InChI=1S/C28H30Cl2N2O3/c1-3-16-31-28(34)25(17-21-11-5-4-6-12-21)32(18-22-23(29)13-9-14-24(22)30)27(33)19-35-26-15-8-7-10-20(26)2/h4-15,25H,3,16-19H2,1-2H3,(H,31,34)/t25-/m1/s1. The largest absolute Gasteiger partial charge is 0.484 e. The van der Waals surface area contributed by atoms with E-state index in [1.54, 1.807) is 18.2 Å². The summed E-state index contributed by atoms with van der Waals surface area (Å²) in [6.45, 7) is 4.26. The molecule has 184 valence electrons. The number of nitrogens with one attached hydrogen (secondary N) is 1. The van der Waals surface area contributed by atoms with Gasteiger partial charge in [0.1, 0.15) is 11.8 Å². The quantitative estimate of drug-likeness (QED) is 0.350. The lowest BCUT2D eigenvalue weighted by Crippen LogP contribution is -2.51. The van der Waals surface area contributed by atoms with Crippen LogP contribution in [-0.2, 0) is 22.6 Å². The number of carbonyl (C=O) groups excluding carboxylic acids is 2. The number of para-hydroxylation sites is 1. The smallest absolute Gasteiger partial charge is 0.261 e. The molecule has 0 saturated heterocycles. The van der Waals surface area contributed by atoms with Crippen LogP contribution < -0.4 is 10.1 Å². The summed E-state index contributed by atoms with van der Waals surface area (Å²) < 4.78 is 5.85. The number of amides is 2. The second-order valence-electron chi connectivity index (χ2n) is 8.27. The molecule has 0 aromatic heterocycles. The summed E-state index contributed by atoms with van der Waals surface area (Å²) in [4.78, 5) is 28.4. The maximum atomic E-state index is 13.6. The lowest BCUT2D eigenvalue weighted by Gasteiger charge is -2.32. The molecule has 0 aliphatic carbocycles. The van der Waals surface area contributed by atoms with Crippen LogP contribution in [0.1, 0.15) is 30.0 Å². The number of rotatable bonds is 11. The molecule has 0 spiro atoms. The van der Waals surface area contributed by atoms with Gasteiger partial charge in [0.05, 0.1) is 0 Å². The zero-order valence-corrected chi connectivity index (χ0v) is 21.5. The minimum absolute atomic E-state index is 0.0749. The number of aryl methyl sites for hydroxylation is 1. The molecule has 7 heteroatoms. The second-order valence-corrected chi connectivity index (χ2v) is 9.09. The topological polar surface area (TPSA) is 58.6 Å². The zero-order chi connectivity index (χ0) is 25.2. The first-order chi connectivity index (χ1) is 16.9. The highest BCUT2D eigenvalue weighted by Gasteiger charge is 2.31. The van der Waals surface area contributed by atoms with Gasteiger partial charge in [0.25, 0.3) is 5.91 Å². The molecule has 0 aliphatic heterocycles. The van der Waals surface area contributed by atoms with Crippen molar-refractivity contribution >= 4 is 35.0 Å². The van der Waals surface area contributed by atoms with Crippen LogP contribution in [0.15, 0.2) is 72.8 Å². The van der Waals surface area contributed by atoms with Crippen molar-refractivity contribution in [3.8, 4) is 5.75 Å². The molecule has 2 amide bonds. The Morgan fingerprint density at radius 3 is 2.26 bits per heavy atom. The monoisotopic (exact) mass is 512 g/mol. The summed E-state index contributed by atoms with van der Waals surface area (Å²) in [5.74, 6) is 0.0477. The maximum absolute atomic E-state index is 13.6. The molecule has 3 aromatic rings. The number of nitrogens with zero attached hydrogens (tertiary/aromatic N) is 1. The molecule has 0 aliphatic rings. The van der Waals surface area contributed by atoms with Crippen molar-refractivity contribution in [1.29, 1.82) is 0 Å². The van der Waals surface area contributed by atoms with Crippen LogP contribution in [0.2, 0.25) is 10.0 Å². The number of hydrogen-bond acceptors (Lipinski definition) is 3. The molecule has 0 heterocycles. The molecule has 1 atom stereocenters. The lowest BCUT2D eigenvalue weighted by atomic mass is 10.0. The number of halogens is 2. The Morgan fingerprint density at radius 2 is 1.60 bits per heavy atom. The normalized spacial score (nSPS) is 11.5. The van der Waals surface area contributed by atoms with Crippen LogP contribution in [0.4, 0.5) is 0 Å². The van der Waals surface area contributed by atoms with Gasteiger partial charge in [0.2, 0.25) is 5.91 Å². The molecule has 0 fully saturated rings. The van der Waals surface area contributed by atoms with E-state index < -0.39 is 6.04 Å². The van der Waals surface area contributed by atoms with E-state index in [-0.39, 0.29) is 25.0 Å². The Bertz CT molecular complexity index is 1120. The average Bonchev–Trinajstić information content (AvgIpc) is 2.86. The van der Waals surface area contributed by atoms with E-state index in [2.05, 4.69) is 5.32 Å². The van der Waals surface area contributed by atoms with Gasteiger partial charge in [0.15, 0.2) is 6.61 Å². The Kier molecular flexibility index (Phi) is 10.0. The first-order valence-corrected chi connectivity index (χ1v) is 12.4. The molecule has 0 unspecified atom stereocenters. The summed E-state index contributed by atoms with van der Waals surface area (Å²) in [5.41, 5.74) is 2.44. The first-order valence-electron chi connectivity index (χ1n) is 11.6. The van der Waals surface area contributed by atoms with Crippen molar-refractivity contribution < 1.29 is 14.3 Å². The van der Waals surface area contributed by atoms with Gasteiger partial charge in [-0.05, 0) is 42.7 Å². The van der Waals surface area contributed by atoms with Crippen molar-refractivity contribution in [1.82, 2.24) is 10.2 Å². The van der Waals surface area contributed by atoms with Gasteiger partial charge >= 0.3 is 0 Å². The minimum atomic E-state index is -0.774. The molecule has 1 N–H and O–H groups in total. The molecular weight excluding hydrogens is 483 g/mol. The average molecular weight is 513 g/mol. The Labute approximate surface area is 217 Å². The van der Waals surface area contributed by atoms with Gasteiger partial charge in [-0.1, -0.05) is 84.7 Å². The molecular formula is C28H30Cl2N2O3. The molecule has 5 nitrogen and oxygen atoms in total. The van der Waals surface area contributed by atoms with Gasteiger partial charge in [-0.15, -0.1) is 0 Å². The van der Waals surface area contributed by atoms with E-state index in [9.17, 15) is 9.59 Å². The summed E-state index contributed by atoms with van der Waals surface area (Å²) in [5, 5.41) is 3.81. The zero-order valence-electron chi connectivity index (χ0n) is 20.0. The van der Waals surface area contributed by atoms with Gasteiger partial charge in [-0.2, -0.15) is 0 Å². The highest BCUT2D eigenvalue weighted by molar-refractivity contribution is 6.36. The molecule has 0 saturated carbocycles. The van der Waals surface area contributed by atoms with Crippen molar-refractivity contribution in [3.63, 3.8) is 0 Å². The summed E-state index contributed by atoms with van der Waals surface area (Å²) >= 11 is 12.9. The molecule has 35 heavy (non-hydrogen) atoms. The van der Waals surface area contributed by atoms with Crippen LogP contribution in [-0.4, -0.2) is 35.9 Å². The van der Waals surface area contributed by atoms with E-state index >= 15 is 0 Å². The third kappa shape index (κ3) is 7.48. The van der Waals surface area contributed by atoms with E-state index in [1.165, 1.54) is 4.90 Å². The van der Waals surface area contributed by atoms with Crippen molar-refractivity contribution in [3.05, 3.63) is 99.5 Å². The van der Waals surface area contributed by atoms with E-state index in [1.807, 2.05) is 68.4 Å². The fraction of sp³-hybridized carbons (Fsp3) is 0.286. The Balaban J connectivity index is 1.95. The summed E-state index contributed by atoms with van der Waals surface area (Å²) in [6, 6.07) is 21.5. The fourth-order valence-electron chi connectivity index (χ4n) is 3.71. The summed E-state index contributed by atoms with van der Waals surface area (Å²) in [7, 11) is 0. The van der Waals surface area contributed by atoms with Crippen molar-refractivity contribution in [2.45, 2.75) is 39.3 Å². The van der Waals surface area contributed by atoms with Crippen molar-refractivity contribution in [2.24, 2.45) is 0 Å². The molecule has 0 bridgehead atoms. The van der Waals surface area contributed by atoms with Crippen LogP contribution in [0, 0.1) is 6.92 Å². The fourth-order valence-corrected chi connectivity index (χ4v) is 4.23. The van der Waals surface area contributed by atoms with Crippen LogP contribution in [0.25, 0.3) is 0 Å². The van der Waals surface area contributed by atoms with E-state index in [0.29, 0.717) is 34.3 Å². The second kappa shape index (κ2) is 13.2. The van der Waals surface area contributed by atoms with Crippen molar-refractivity contribution in [2.75, 3.05) is 13.2 Å². The Morgan fingerprint density at radius 1 is 0.943 bits per heavy atom. The predicted molar refractivity (Wildman–Crippen MR) is 141 cm³/mol. The van der Waals surface area contributed by atoms with Gasteiger partial charge in [-0.3, -0.25) is 9.59 Å². The Hall–Kier alpha value is -3.02.